The Labute approximate surface area is 95.2 Å². The zero-order valence-electron chi connectivity index (χ0n) is 9.21. The van der Waals surface area contributed by atoms with Crippen molar-refractivity contribution >= 4 is 17.4 Å². The summed E-state index contributed by atoms with van der Waals surface area (Å²) in [6.07, 6.45) is 0.458. The van der Waals surface area contributed by atoms with E-state index in [1.165, 1.54) is 0 Å². The lowest BCUT2D eigenvalue weighted by atomic mass is 10.1. The molecule has 82 valence electrons. The minimum atomic E-state index is 0.0943. The van der Waals surface area contributed by atoms with Gasteiger partial charge in [0.25, 0.3) is 0 Å². The number of Topliss-reactive ketones (excluding diaryl/α,β-unsaturated/α-hetero) is 1. The molecule has 0 aliphatic rings. The summed E-state index contributed by atoms with van der Waals surface area (Å²) < 4.78 is 5.59. The van der Waals surface area contributed by atoms with Crippen LogP contribution in [-0.4, -0.2) is 11.9 Å². The van der Waals surface area contributed by atoms with Crippen LogP contribution in [-0.2, 0) is 11.2 Å². The van der Waals surface area contributed by atoms with Gasteiger partial charge in [-0.1, -0.05) is 11.6 Å². The van der Waals surface area contributed by atoms with Crippen LogP contribution in [0.25, 0.3) is 0 Å². The van der Waals surface area contributed by atoms with E-state index in [4.69, 9.17) is 16.3 Å². The molecule has 0 spiro atoms. The number of carbonyl (C=O) groups excluding carboxylic acids is 1. The predicted octanol–water partition coefficient (Wildman–Crippen LogP) is 3.26. The zero-order chi connectivity index (χ0) is 11.4. The summed E-state index contributed by atoms with van der Waals surface area (Å²) in [6, 6.07) is 5.35. The summed E-state index contributed by atoms with van der Waals surface area (Å²) >= 11 is 5.87. The first kappa shape index (κ1) is 12.1. The van der Waals surface area contributed by atoms with Crippen molar-refractivity contribution in [2.75, 3.05) is 0 Å². The molecule has 0 aliphatic heterocycles. The first-order valence-electron chi connectivity index (χ1n) is 4.93. The van der Waals surface area contributed by atoms with Gasteiger partial charge in [0.05, 0.1) is 6.10 Å². The van der Waals surface area contributed by atoms with Crippen LogP contribution in [0.4, 0.5) is 0 Å². The molecule has 0 saturated carbocycles. The molecule has 1 aromatic carbocycles. The predicted molar refractivity (Wildman–Crippen MR) is 61.6 cm³/mol. The van der Waals surface area contributed by atoms with Crippen molar-refractivity contribution in [2.24, 2.45) is 0 Å². The number of hydrogen-bond donors (Lipinski definition) is 0. The second kappa shape index (κ2) is 5.17. The standard InChI is InChI=1S/C12H15ClO2/c1-8(2)15-12-5-4-11(13)7-10(12)6-9(3)14/h4-5,7-8H,6H2,1-3H3. The lowest BCUT2D eigenvalue weighted by molar-refractivity contribution is -0.116. The molecule has 0 saturated heterocycles. The summed E-state index contributed by atoms with van der Waals surface area (Å²) in [5.74, 6) is 0.843. The highest BCUT2D eigenvalue weighted by Crippen LogP contribution is 2.24. The third-order valence-corrected chi connectivity index (χ3v) is 2.06. The summed E-state index contributed by atoms with van der Waals surface area (Å²) in [4.78, 5) is 11.1. The van der Waals surface area contributed by atoms with Gasteiger partial charge >= 0.3 is 0 Å². The Morgan fingerprint density at radius 1 is 1.47 bits per heavy atom. The molecule has 1 rings (SSSR count). The van der Waals surface area contributed by atoms with Crippen molar-refractivity contribution in [3.05, 3.63) is 28.8 Å². The van der Waals surface area contributed by atoms with E-state index in [2.05, 4.69) is 0 Å². The highest BCUT2D eigenvalue weighted by molar-refractivity contribution is 6.30. The number of ketones is 1. The molecule has 0 heterocycles. The largest absolute Gasteiger partial charge is 0.491 e. The van der Waals surface area contributed by atoms with Gasteiger partial charge in [0, 0.05) is 17.0 Å². The fraction of sp³-hybridized carbons (Fsp3) is 0.417. The monoisotopic (exact) mass is 226 g/mol. The Hall–Kier alpha value is -1.02. The Morgan fingerprint density at radius 3 is 2.67 bits per heavy atom. The van der Waals surface area contributed by atoms with Gasteiger partial charge in [-0.2, -0.15) is 0 Å². The second-order valence-electron chi connectivity index (χ2n) is 3.80. The minimum Gasteiger partial charge on any atom is -0.491 e. The maximum absolute atomic E-state index is 11.1. The van der Waals surface area contributed by atoms with Gasteiger partial charge in [0.1, 0.15) is 11.5 Å². The SMILES string of the molecule is CC(=O)Cc1cc(Cl)ccc1OC(C)C. The van der Waals surface area contributed by atoms with Gasteiger partial charge in [0.2, 0.25) is 0 Å². The van der Waals surface area contributed by atoms with E-state index in [1.54, 1.807) is 25.1 Å². The normalized spacial score (nSPS) is 10.5. The summed E-state index contributed by atoms with van der Waals surface area (Å²) in [6.45, 7) is 5.46. The highest BCUT2D eigenvalue weighted by atomic mass is 35.5. The van der Waals surface area contributed by atoms with Crippen molar-refractivity contribution in [2.45, 2.75) is 33.3 Å². The Balaban J connectivity index is 2.97. The summed E-state index contributed by atoms with van der Waals surface area (Å²) in [5, 5.41) is 0.627. The first-order chi connectivity index (χ1) is 6.99. The topological polar surface area (TPSA) is 26.3 Å². The molecule has 0 aromatic heterocycles. The smallest absolute Gasteiger partial charge is 0.134 e. The molecule has 2 nitrogen and oxygen atoms in total. The second-order valence-corrected chi connectivity index (χ2v) is 4.23. The van der Waals surface area contributed by atoms with Gasteiger partial charge in [-0.15, -0.1) is 0 Å². The number of carbonyl (C=O) groups is 1. The van der Waals surface area contributed by atoms with Crippen molar-refractivity contribution in [1.29, 1.82) is 0 Å². The summed E-state index contributed by atoms with van der Waals surface area (Å²) in [5.41, 5.74) is 0.851. The van der Waals surface area contributed by atoms with Crippen molar-refractivity contribution in [1.82, 2.24) is 0 Å². The van der Waals surface area contributed by atoms with Gasteiger partial charge in [-0.25, -0.2) is 0 Å². The number of hydrogen-bond acceptors (Lipinski definition) is 2. The van der Waals surface area contributed by atoms with E-state index in [1.807, 2.05) is 13.8 Å². The molecule has 0 amide bonds. The lowest BCUT2D eigenvalue weighted by Crippen LogP contribution is -2.08. The van der Waals surface area contributed by atoms with Gasteiger partial charge in [0.15, 0.2) is 0 Å². The fourth-order valence-corrected chi connectivity index (χ4v) is 1.52. The van der Waals surface area contributed by atoms with Crippen LogP contribution in [0, 0.1) is 0 Å². The average Bonchev–Trinajstić information content (AvgIpc) is 2.08. The quantitative estimate of drug-likeness (QED) is 0.788. The van der Waals surface area contributed by atoms with E-state index < -0.39 is 0 Å². The Kier molecular flexibility index (Phi) is 4.15. The summed E-state index contributed by atoms with van der Waals surface area (Å²) in [7, 11) is 0. The van der Waals surface area contributed by atoms with Crippen molar-refractivity contribution < 1.29 is 9.53 Å². The third-order valence-electron chi connectivity index (χ3n) is 1.82. The molecule has 0 N–H and O–H groups in total. The molecule has 0 unspecified atom stereocenters. The zero-order valence-corrected chi connectivity index (χ0v) is 9.97. The molecule has 15 heavy (non-hydrogen) atoms. The van der Waals surface area contributed by atoms with Crippen LogP contribution in [0.3, 0.4) is 0 Å². The maximum Gasteiger partial charge on any atom is 0.134 e. The molecule has 3 heteroatoms. The van der Waals surface area contributed by atoms with E-state index in [0.717, 1.165) is 11.3 Å². The highest BCUT2D eigenvalue weighted by Gasteiger charge is 2.08. The third kappa shape index (κ3) is 3.92. The fourth-order valence-electron chi connectivity index (χ4n) is 1.32. The minimum absolute atomic E-state index is 0.0943. The van der Waals surface area contributed by atoms with Crippen LogP contribution < -0.4 is 4.74 Å². The van der Waals surface area contributed by atoms with Gasteiger partial charge in [-0.05, 0) is 39.0 Å². The lowest BCUT2D eigenvalue weighted by Gasteiger charge is -2.13. The number of ether oxygens (including phenoxy) is 1. The van der Waals surface area contributed by atoms with Crippen molar-refractivity contribution in [3.63, 3.8) is 0 Å². The average molecular weight is 227 g/mol. The molecule has 0 radical (unpaired) electrons. The maximum atomic E-state index is 11.1. The molecule has 0 fully saturated rings. The van der Waals surface area contributed by atoms with E-state index in [0.29, 0.717) is 11.4 Å². The Morgan fingerprint density at radius 2 is 2.13 bits per heavy atom. The molecular weight excluding hydrogens is 212 g/mol. The van der Waals surface area contributed by atoms with Crippen LogP contribution in [0.1, 0.15) is 26.3 Å². The van der Waals surface area contributed by atoms with E-state index in [-0.39, 0.29) is 11.9 Å². The number of rotatable bonds is 4. The van der Waals surface area contributed by atoms with E-state index in [9.17, 15) is 4.79 Å². The van der Waals surface area contributed by atoms with Gasteiger partial charge < -0.3 is 4.74 Å². The molecule has 0 atom stereocenters. The number of halogens is 1. The molecule has 1 aromatic rings. The van der Waals surface area contributed by atoms with Crippen LogP contribution >= 0.6 is 11.6 Å². The first-order valence-corrected chi connectivity index (χ1v) is 5.31. The molecule has 0 aliphatic carbocycles. The van der Waals surface area contributed by atoms with Crippen LogP contribution in [0.5, 0.6) is 5.75 Å². The molecular formula is C12H15ClO2. The number of benzene rings is 1. The van der Waals surface area contributed by atoms with Crippen LogP contribution in [0.15, 0.2) is 18.2 Å². The van der Waals surface area contributed by atoms with Crippen molar-refractivity contribution in [3.8, 4) is 5.75 Å². The Bertz CT molecular complexity index is 359. The molecule has 0 bridgehead atoms. The van der Waals surface area contributed by atoms with E-state index >= 15 is 0 Å². The van der Waals surface area contributed by atoms with Crippen LogP contribution in [0.2, 0.25) is 5.02 Å². The van der Waals surface area contributed by atoms with Gasteiger partial charge in [-0.3, -0.25) is 4.79 Å².